The molecule has 1 atom stereocenters. The van der Waals surface area contributed by atoms with Gasteiger partial charge in [-0.25, -0.2) is 4.79 Å². The van der Waals surface area contributed by atoms with Gasteiger partial charge >= 0.3 is 6.03 Å². The van der Waals surface area contributed by atoms with Gasteiger partial charge in [0, 0.05) is 19.6 Å². The quantitative estimate of drug-likeness (QED) is 0.850. The SMILES string of the molecule is COc1ccccc1NC(=O)N1CCOC(CN)C1. The monoisotopic (exact) mass is 265 g/mol. The number of para-hydroxylation sites is 2. The number of nitrogens with one attached hydrogen (secondary N) is 1. The highest BCUT2D eigenvalue weighted by Gasteiger charge is 2.23. The van der Waals surface area contributed by atoms with Crippen molar-refractivity contribution in [2.45, 2.75) is 6.10 Å². The molecule has 1 fully saturated rings. The number of carbonyl (C=O) groups excluding carboxylic acids is 1. The third-order valence-corrected chi connectivity index (χ3v) is 3.04. The van der Waals surface area contributed by atoms with E-state index in [-0.39, 0.29) is 12.1 Å². The predicted octanol–water partition coefficient (Wildman–Crippen LogP) is 0.887. The molecule has 1 unspecified atom stereocenters. The molecule has 0 radical (unpaired) electrons. The molecule has 19 heavy (non-hydrogen) atoms. The number of hydrogen-bond acceptors (Lipinski definition) is 4. The van der Waals surface area contributed by atoms with Gasteiger partial charge in [-0.1, -0.05) is 12.1 Å². The Balaban J connectivity index is 2.00. The van der Waals surface area contributed by atoms with Crippen LogP contribution < -0.4 is 15.8 Å². The summed E-state index contributed by atoms with van der Waals surface area (Å²) in [7, 11) is 1.57. The molecule has 6 nitrogen and oxygen atoms in total. The Kier molecular flexibility index (Phi) is 4.59. The molecule has 1 aliphatic rings. The maximum Gasteiger partial charge on any atom is 0.322 e. The first-order valence-electron chi connectivity index (χ1n) is 6.25. The summed E-state index contributed by atoms with van der Waals surface area (Å²) < 4.78 is 10.6. The van der Waals surface area contributed by atoms with Crippen molar-refractivity contribution < 1.29 is 14.3 Å². The first kappa shape index (κ1) is 13.6. The van der Waals surface area contributed by atoms with Gasteiger partial charge in [-0.05, 0) is 12.1 Å². The van der Waals surface area contributed by atoms with Gasteiger partial charge in [0.1, 0.15) is 5.75 Å². The highest BCUT2D eigenvalue weighted by atomic mass is 16.5. The van der Waals surface area contributed by atoms with Crippen LogP contribution in [0.1, 0.15) is 0 Å². The number of hydrogen-bond donors (Lipinski definition) is 2. The molecule has 1 aromatic carbocycles. The van der Waals surface area contributed by atoms with E-state index in [0.717, 1.165) is 0 Å². The second-order valence-electron chi connectivity index (χ2n) is 4.30. The Hall–Kier alpha value is -1.79. The molecule has 0 aliphatic carbocycles. The summed E-state index contributed by atoms with van der Waals surface area (Å²) >= 11 is 0. The molecule has 0 aromatic heterocycles. The molecule has 1 saturated heterocycles. The molecule has 1 aliphatic heterocycles. The summed E-state index contributed by atoms with van der Waals surface area (Å²) in [6, 6.07) is 7.15. The van der Waals surface area contributed by atoms with Gasteiger partial charge in [0.2, 0.25) is 0 Å². The lowest BCUT2D eigenvalue weighted by Crippen LogP contribution is -2.49. The van der Waals surface area contributed by atoms with E-state index in [0.29, 0.717) is 37.7 Å². The number of carbonyl (C=O) groups is 1. The number of morpholine rings is 1. The van der Waals surface area contributed by atoms with Crippen LogP contribution in [0.15, 0.2) is 24.3 Å². The zero-order chi connectivity index (χ0) is 13.7. The third-order valence-electron chi connectivity index (χ3n) is 3.04. The number of methoxy groups -OCH3 is 1. The Labute approximate surface area is 112 Å². The lowest BCUT2D eigenvalue weighted by atomic mass is 10.2. The van der Waals surface area contributed by atoms with Gasteiger partial charge < -0.3 is 25.4 Å². The molecule has 104 valence electrons. The molecular weight excluding hydrogens is 246 g/mol. The largest absolute Gasteiger partial charge is 0.495 e. The molecule has 0 saturated carbocycles. The van der Waals surface area contributed by atoms with E-state index in [2.05, 4.69) is 5.32 Å². The smallest absolute Gasteiger partial charge is 0.322 e. The summed E-state index contributed by atoms with van der Waals surface area (Å²) in [6.45, 7) is 2.01. The Morgan fingerprint density at radius 2 is 2.37 bits per heavy atom. The van der Waals surface area contributed by atoms with Crippen LogP contribution in [0.2, 0.25) is 0 Å². The lowest BCUT2D eigenvalue weighted by Gasteiger charge is -2.32. The summed E-state index contributed by atoms with van der Waals surface area (Å²) in [5.74, 6) is 0.638. The van der Waals surface area contributed by atoms with Crippen LogP contribution in [0, 0.1) is 0 Å². The van der Waals surface area contributed by atoms with Crippen molar-refractivity contribution in [3.8, 4) is 5.75 Å². The summed E-state index contributed by atoms with van der Waals surface area (Å²) in [4.78, 5) is 13.9. The van der Waals surface area contributed by atoms with Gasteiger partial charge in [-0.2, -0.15) is 0 Å². The zero-order valence-corrected chi connectivity index (χ0v) is 11.0. The number of nitrogens with two attached hydrogens (primary N) is 1. The average Bonchev–Trinajstić information content (AvgIpc) is 2.47. The van der Waals surface area contributed by atoms with Crippen LogP contribution in [-0.2, 0) is 4.74 Å². The van der Waals surface area contributed by atoms with Gasteiger partial charge in [0.05, 0.1) is 25.5 Å². The van der Waals surface area contributed by atoms with Crippen LogP contribution >= 0.6 is 0 Å². The summed E-state index contributed by atoms with van der Waals surface area (Å²) in [5, 5.41) is 2.84. The molecule has 6 heteroatoms. The Bertz CT molecular complexity index is 439. The molecular formula is C13H19N3O3. The van der Waals surface area contributed by atoms with E-state index < -0.39 is 0 Å². The molecule has 2 amide bonds. The molecule has 2 rings (SSSR count). The van der Waals surface area contributed by atoms with Crippen molar-refractivity contribution in [1.82, 2.24) is 4.90 Å². The second-order valence-corrected chi connectivity index (χ2v) is 4.30. The number of benzene rings is 1. The van der Waals surface area contributed by atoms with Crippen molar-refractivity contribution >= 4 is 11.7 Å². The molecule has 0 bridgehead atoms. The summed E-state index contributed by atoms with van der Waals surface area (Å²) in [6.07, 6.45) is -0.0860. The highest BCUT2D eigenvalue weighted by molar-refractivity contribution is 5.91. The van der Waals surface area contributed by atoms with Crippen LogP contribution in [0.3, 0.4) is 0 Å². The minimum atomic E-state index is -0.161. The number of nitrogens with zero attached hydrogens (tertiary/aromatic N) is 1. The van der Waals surface area contributed by atoms with Crippen molar-refractivity contribution in [2.24, 2.45) is 5.73 Å². The number of urea groups is 1. The van der Waals surface area contributed by atoms with Crippen LogP contribution in [0.25, 0.3) is 0 Å². The average molecular weight is 265 g/mol. The second kappa shape index (κ2) is 6.40. The fourth-order valence-electron chi connectivity index (χ4n) is 1.99. The first-order chi connectivity index (χ1) is 9.24. The first-order valence-corrected chi connectivity index (χ1v) is 6.25. The lowest BCUT2D eigenvalue weighted by molar-refractivity contribution is -0.00660. The van der Waals surface area contributed by atoms with E-state index in [1.54, 1.807) is 24.1 Å². The highest BCUT2D eigenvalue weighted by Crippen LogP contribution is 2.23. The number of rotatable bonds is 3. The van der Waals surface area contributed by atoms with E-state index in [1.165, 1.54) is 0 Å². The van der Waals surface area contributed by atoms with Crippen LogP contribution in [0.5, 0.6) is 5.75 Å². The van der Waals surface area contributed by atoms with Crippen LogP contribution in [0.4, 0.5) is 10.5 Å². The zero-order valence-electron chi connectivity index (χ0n) is 11.0. The van der Waals surface area contributed by atoms with Crippen molar-refractivity contribution in [1.29, 1.82) is 0 Å². The van der Waals surface area contributed by atoms with Crippen molar-refractivity contribution in [3.05, 3.63) is 24.3 Å². The topological polar surface area (TPSA) is 76.8 Å². The summed E-state index contributed by atoms with van der Waals surface area (Å²) in [5.41, 5.74) is 6.22. The number of amides is 2. The number of ether oxygens (including phenoxy) is 2. The molecule has 1 heterocycles. The standard InChI is InChI=1S/C13H19N3O3/c1-18-12-5-3-2-4-11(12)15-13(17)16-6-7-19-10(8-14)9-16/h2-5,10H,6-9,14H2,1H3,(H,15,17). The van der Waals surface area contributed by atoms with Gasteiger partial charge in [0.15, 0.2) is 0 Å². The minimum Gasteiger partial charge on any atom is -0.495 e. The van der Waals surface area contributed by atoms with E-state index in [4.69, 9.17) is 15.2 Å². The van der Waals surface area contributed by atoms with Crippen molar-refractivity contribution in [3.63, 3.8) is 0 Å². The Morgan fingerprint density at radius 1 is 1.58 bits per heavy atom. The maximum absolute atomic E-state index is 12.2. The molecule has 3 N–H and O–H groups in total. The fourth-order valence-corrected chi connectivity index (χ4v) is 1.99. The Morgan fingerprint density at radius 3 is 3.11 bits per heavy atom. The van der Waals surface area contributed by atoms with Crippen molar-refractivity contribution in [2.75, 3.05) is 38.7 Å². The van der Waals surface area contributed by atoms with Gasteiger partial charge in [0.25, 0.3) is 0 Å². The van der Waals surface area contributed by atoms with Gasteiger partial charge in [-0.3, -0.25) is 0 Å². The molecule has 0 spiro atoms. The van der Waals surface area contributed by atoms with E-state index in [1.807, 2.05) is 12.1 Å². The minimum absolute atomic E-state index is 0.0860. The van der Waals surface area contributed by atoms with E-state index in [9.17, 15) is 4.79 Å². The maximum atomic E-state index is 12.2. The third kappa shape index (κ3) is 3.36. The normalized spacial score (nSPS) is 19.1. The number of anilines is 1. The molecule has 1 aromatic rings. The van der Waals surface area contributed by atoms with Gasteiger partial charge in [-0.15, -0.1) is 0 Å². The van der Waals surface area contributed by atoms with Crippen LogP contribution in [-0.4, -0.2) is 50.4 Å². The fraction of sp³-hybridized carbons (Fsp3) is 0.462. The van der Waals surface area contributed by atoms with E-state index >= 15 is 0 Å². The predicted molar refractivity (Wildman–Crippen MR) is 72.4 cm³/mol.